The zero-order valence-electron chi connectivity index (χ0n) is 18.6. The largest absolute Gasteiger partial charge is 0.355 e. The van der Waals surface area contributed by atoms with Crippen LogP contribution < -0.4 is 5.32 Å². The van der Waals surface area contributed by atoms with Crippen LogP contribution in [0.1, 0.15) is 29.2 Å². The highest BCUT2D eigenvalue weighted by Gasteiger charge is 2.30. The Bertz CT molecular complexity index is 1020. The molecule has 0 saturated carbocycles. The van der Waals surface area contributed by atoms with Crippen LogP contribution in [0, 0.1) is 6.92 Å². The van der Waals surface area contributed by atoms with E-state index in [1.54, 1.807) is 17.0 Å². The monoisotopic (exact) mass is 448 g/mol. The van der Waals surface area contributed by atoms with Crippen molar-refractivity contribution in [3.63, 3.8) is 0 Å². The predicted molar refractivity (Wildman–Crippen MR) is 130 cm³/mol. The van der Waals surface area contributed by atoms with Crippen LogP contribution in [-0.4, -0.2) is 29.3 Å². The van der Waals surface area contributed by atoms with Gasteiger partial charge in [-0.15, -0.1) is 0 Å². The van der Waals surface area contributed by atoms with Gasteiger partial charge in [0.2, 0.25) is 11.8 Å². The van der Waals surface area contributed by atoms with E-state index >= 15 is 0 Å². The van der Waals surface area contributed by atoms with E-state index in [0.29, 0.717) is 24.5 Å². The normalized spacial score (nSPS) is 11.6. The third-order valence-electron chi connectivity index (χ3n) is 5.36. The number of hydrogen-bond acceptors (Lipinski definition) is 2. The van der Waals surface area contributed by atoms with Crippen molar-refractivity contribution in [1.82, 2.24) is 10.2 Å². The molecular weight excluding hydrogens is 420 g/mol. The van der Waals surface area contributed by atoms with Gasteiger partial charge in [-0.3, -0.25) is 9.59 Å². The quantitative estimate of drug-likeness (QED) is 0.502. The van der Waals surface area contributed by atoms with Gasteiger partial charge >= 0.3 is 0 Å². The molecular formula is C27H29ClN2O2. The Morgan fingerprint density at radius 3 is 2.12 bits per heavy atom. The van der Waals surface area contributed by atoms with Gasteiger partial charge < -0.3 is 10.2 Å². The third kappa shape index (κ3) is 6.69. The Morgan fingerprint density at radius 1 is 0.875 bits per heavy atom. The molecule has 0 aliphatic carbocycles. The van der Waals surface area contributed by atoms with Crippen molar-refractivity contribution in [2.75, 3.05) is 6.54 Å². The minimum Gasteiger partial charge on any atom is -0.355 e. The van der Waals surface area contributed by atoms with Gasteiger partial charge in [0.05, 0.1) is 6.42 Å². The van der Waals surface area contributed by atoms with E-state index in [1.165, 1.54) is 0 Å². The van der Waals surface area contributed by atoms with Crippen molar-refractivity contribution in [2.24, 2.45) is 0 Å². The maximum Gasteiger partial charge on any atom is 0.243 e. The highest BCUT2D eigenvalue weighted by molar-refractivity contribution is 6.30. The van der Waals surface area contributed by atoms with Gasteiger partial charge in [-0.1, -0.05) is 83.9 Å². The third-order valence-corrected chi connectivity index (χ3v) is 5.62. The molecule has 3 aromatic carbocycles. The van der Waals surface area contributed by atoms with Gasteiger partial charge in [-0.2, -0.15) is 0 Å². The second-order valence-electron chi connectivity index (χ2n) is 7.91. The lowest BCUT2D eigenvalue weighted by Crippen LogP contribution is -2.50. The second-order valence-corrected chi connectivity index (χ2v) is 8.35. The number of aryl methyl sites for hydroxylation is 1. The van der Waals surface area contributed by atoms with Gasteiger partial charge in [0, 0.05) is 24.5 Å². The Kier molecular flexibility index (Phi) is 8.46. The summed E-state index contributed by atoms with van der Waals surface area (Å²) in [5.74, 6) is -0.237. The van der Waals surface area contributed by atoms with Gasteiger partial charge in [0.1, 0.15) is 6.04 Å². The van der Waals surface area contributed by atoms with Crippen LogP contribution in [-0.2, 0) is 29.0 Å². The highest BCUT2D eigenvalue weighted by atomic mass is 35.5. The minimum atomic E-state index is -0.619. The molecule has 0 aliphatic rings. The molecule has 5 heteroatoms. The molecule has 0 saturated heterocycles. The SMILES string of the molecule is CCNC(=O)C(Cc1ccccc1)N(Cc1ccc(Cl)cc1)C(=O)Cc1ccc(C)cc1. The van der Waals surface area contributed by atoms with E-state index in [9.17, 15) is 9.59 Å². The molecule has 1 atom stereocenters. The topological polar surface area (TPSA) is 49.4 Å². The smallest absolute Gasteiger partial charge is 0.243 e. The molecule has 0 radical (unpaired) electrons. The number of likely N-dealkylation sites (N-methyl/N-ethyl adjacent to an activating group) is 1. The Labute approximate surface area is 195 Å². The molecule has 0 spiro atoms. The molecule has 0 bridgehead atoms. The molecule has 0 aliphatic heterocycles. The summed E-state index contributed by atoms with van der Waals surface area (Å²) in [6, 6.07) is 24.5. The molecule has 1 unspecified atom stereocenters. The van der Waals surface area contributed by atoms with E-state index in [1.807, 2.05) is 80.6 Å². The predicted octanol–water partition coefficient (Wildman–Crippen LogP) is 4.97. The van der Waals surface area contributed by atoms with Crippen molar-refractivity contribution in [1.29, 1.82) is 0 Å². The molecule has 0 aromatic heterocycles. The van der Waals surface area contributed by atoms with Crippen molar-refractivity contribution in [3.8, 4) is 0 Å². The maximum absolute atomic E-state index is 13.5. The maximum atomic E-state index is 13.5. The number of nitrogens with one attached hydrogen (secondary N) is 1. The zero-order valence-corrected chi connectivity index (χ0v) is 19.3. The molecule has 32 heavy (non-hydrogen) atoms. The van der Waals surface area contributed by atoms with Crippen molar-refractivity contribution >= 4 is 23.4 Å². The number of carbonyl (C=O) groups excluding carboxylic acids is 2. The van der Waals surface area contributed by atoms with Crippen LogP contribution in [0.5, 0.6) is 0 Å². The highest BCUT2D eigenvalue weighted by Crippen LogP contribution is 2.18. The number of hydrogen-bond donors (Lipinski definition) is 1. The number of amides is 2. The van der Waals surface area contributed by atoms with Gasteiger partial charge in [0.15, 0.2) is 0 Å². The van der Waals surface area contributed by atoms with Crippen LogP contribution >= 0.6 is 11.6 Å². The van der Waals surface area contributed by atoms with E-state index < -0.39 is 6.04 Å². The van der Waals surface area contributed by atoms with Crippen LogP contribution in [0.4, 0.5) is 0 Å². The Balaban J connectivity index is 1.93. The summed E-state index contributed by atoms with van der Waals surface area (Å²) in [6.07, 6.45) is 0.679. The molecule has 2 amide bonds. The van der Waals surface area contributed by atoms with Crippen LogP contribution in [0.15, 0.2) is 78.9 Å². The summed E-state index contributed by atoms with van der Waals surface area (Å²) in [6.45, 7) is 4.74. The van der Waals surface area contributed by atoms with Crippen LogP contribution in [0.2, 0.25) is 5.02 Å². The average Bonchev–Trinajstić information content (AvgIpc) is 2.79. The summed E-state index contributed by atoms with van der Waals surface area (Å²) in [4.78, 5) is 28.3. The molecule has 3 rings (SSSR count). The summed E-state index contributed by atoms with van der Waals surface area (Å²) in [5, 5.41) is 3.55. The van der Waals surface area contributed by atoms with Gasteiger partial charge in [-0.25, -0.2) is 0 Å². The summed E-state index contributed by atoms with van der Waals surface area (Å²) in [5.41, 5.74) is 4.00. The fourth-order valence-electron chi connectivity index (χ4n) is 3.61. The van der Waals surface area contributed by atoms with Crippen molar-refractivity contribution in [3.05, 3.63) is 106 Å². The van der Waals surface area contributed by atoms with Gasteiger partial charge in [-0.05, 0) is 42.7 Å². The zero-order chi connectivity index (χ0) is 22.9. The molecule has 0 fully saturated rings. The number of carbonyl (C=O) groups is 2. The number of halogens is 1. The lowest BCUT2D eigenvalue weighted by atomic mass is 10.0. The summed E-state index contributed by atoms with van der Waals surface area (Å²) >= 11 is 6.05. The second kappa shape index (κ2) is 11.5. The first kappa shape index (κ1) is 23.6. The first-order valence-corrected chi connectivity index (χ1v) is 11.2. The van der Waals surface area contributed by atoms with Crippen LogP contribution in [0.25, 0.3) is 0 Å². The average molecular weight is 449 g/mol. The molecule has 0 heterocycles. The van der Waals surface area contributed by atoms with Gasteiger partial charge in [0.25, 0.3) is 0 Å². The van der Waals surface area contributed by atoms with E-state index in [4.69, 9.17) is 11.6 Å². The lowest BCUT2D eigenvalue weighted by Gasteiger charge is -2.31. The van der Waals surface area contributed by atoms with E-state index in [2.05, 4.69) is 5.32 Å². The van der Waals surface area contributed by atoms with Crippen molar-refractivity contribution < 1.29 is 9.59 Å². The molecule has 1 N–H and O–H groups in total. The molecule has 3 aromatic rings. The number of benzene rings is 3. The first-order valence-electron chi connectivity index (χ1n) is 10.9. The molecule has 166 valence electrons. The van der Waals surface area contributed by atoms with E-state index in [-0.39, 0.29) is 18.2 Å². The Morgan fingerprint density at radius 2 is 1.50 bits per heavy atom. The van der Waals surface area contributed by atoms with Crippen LogP contribution in [0.3, 0.4) is 0 Å². The first-order chi connectivity index (χ1) is 15.5. The standard InChI is InChI=1S/C27H29ClN2O2/c1-3-29-27(32)25(17-21-7-5-4-6-8-21)30(19-23-13-15-24(28)16-14-23)26(31)18-22-11-9-20(2)10-12-22/h4-16,25H,3,17-19H2,1-2H3,(H,29,32). The summed E-state index contributed by atoms with van der Waals surface area (Å²) < 4.78 is 0. The summed E-state index contributed by atoms with van der Waals surface area (Å²) in [7, 11) is 0. The van der Waals surface area contributed by atoms with Crippen molar-refractivity contribution in [2.45, 2.75) is 39.3 Å². The van der Waals surface area contributed by atoms with E-state index in [0.717, 1.165) is 22.3 Å². The fraction of sp³-hybridized carbons (Fsp3) is 0.259. The Hall–Kier alpha value is -3.11. The fourth-order valence-corrected chi connectivity index (χ4v) is 3.74. The molecule has 4 nitrogen and oxygen atoms in total. The lowest BCUT2D eigenvalue weighted by molar-refractivity contribution is -0.140. The number of nitrogens with zero attached hydrogens (tertiary/aromatic N) is 1. The number of rotatable bonds is 9. The minimum absolute atomic E-state index is 0.0870.